The summed E-state index contributed by atoms with van der Waals surface area (Å²) in [7, 11) is 4.83. The van der Waals surface area contributed by atoms with E-state index in [9.17, 15) is 4.79 Å². The van der Waals surface area contributed by atoms with Crippen molar-refractivity contribution in [3.63, 3.8) is 0 Å². The zero-order valence-corrected chi connectivity index (χ0v) is 14.7. The SMILES string of the molecule is COCc1ccccc1CNC(=O)/C=C/c1cc(OC)cc(OC)c1. The lowest BCUT2D eigenvalue weighted by atomic mass is 10.1. The summed E-state index contributed by atoms with van der Waals surface area (Å²) in [6.45, 7) is 0.968. The van der Waals surface area contributed by atoms with Gasteiger partial charge in [0.1, 0.15) is 11.5 Å². The Kier molecular flexibility index (Phi) is 7.04. The minimum atomic E-state index is -0.172. The first-order valence-electron chi connectivity index (χ1n) is 7.91. The lowest BCUT2D eigenvalue weighted by Crippen LogP contribution is -2.21. The van der Waals surface area contributed by atoms with E-state index in [0.717, 1.165) is 16.7 Å². The standard InChI is InChI=1S/C20H23NO4/c1-23-14-17-7-5-4-6-16(17)13-21-20(22)9-8-15-10-18(24-2)12-19(11-15)25-3/h4-12H,13-14H2,1-3H3,(H,21,22)/b9-8+. The van der Waals surface area contributed by atoms with Crippen molar-refractivity contribution in [1.29, 1.82) is 0 Å². The van der Waals surface area contributed by atoms with Gasteiger partial charge in [-0.05, 0) is 34.9 Å². The Bertz CT molecular complexity index is 718. The van der Waals surface area contributed by atoms with E-state index in [1.807, 2.05) is 36.4 Å². The zero-order chi connectivity index (χ0) is 18.1. The molecule has 2 aromatic carbocycles. The van der Waals surface area contributed by atoms with Crippen molar-refractivity contribution in [2.45, 2.75) is 13.2 Å². The number of amides is 1. The third-order valence-corrected chi connectivity index (χ3v) is 3.67. The van der Waals surface area contributed by atoms with Crippen LogP contribution in [0.4, 0.5) is 0 Å². The Morgan fingerprint density at radius 2 is 1.64 bits per heavy atom. The Labute approximate surface area is 148 Å². The topological polar surface area (TPSA) is 56.8 Å². The first-order valence-corrected chi connectivity index (χ1v) is 7.91. The summed E-state index contributed by atoms with van der Waals surface area (Å²) in [5.74, 6) is 1.18. The molecule has 0 atom stereocenters. The van der Waals surface area contributed by atoms with Crippen LogP contribution in [0.3, 0.4) is 0 Å². The number of methoxy groups -OCH3 is 3. The second-order valence-electron chi connectivity index (χ2n) is 5.40. The molecule has 0 heterocycles. The number of rotatable bonds is 8. The van der Waals surface area contributed by atoms with E-state index < -0.39 is 0 Å². The van der Waals surface area contributed by atoms with Crippen molar-refractivity contribution in [2.75, 3.05) is 21.3 Å². The normalized spacial score (nSPS) is 10.7. The van der Waals surface area contributed by atoms with E-state index >= 15 is 0 Å². The van der Waals surface area contributed by atoms with Crippen LogP contribution in [0, 0.1) is 0 Å². The van der Waals surface area contributed by atoms with Crippen LogP contribution in [0.25, 0.3) is 6.08 Å². The summed E-state index contributed by atoms with van der Waals surface area (Å²) < 4.78 is 15.6. The summed E-state index contributed by atoms with van der Waals surface area (Å²) in [5, 5.41) is 2.88. The summed E-state index contributed by atoms with van der Waals surface area (Å²) in [5.41, 5.74) is 2.92. The number of carbonyl (C=O) groups excluding carboxylic acids is 1. The lowest BCUT2D eigenvalue weighted by molar-refractivity contribution is -0.116. The molecule has 0 aromatic heterocycles. The van der Waals surface area contributed by atoms with Gasteiger partial charge in [0.25, 0.3) is 0 Å². The molecule has 0 fully saturated rings. The molecule has 2 aromatic rings. The summed E-state index contributed by atoms with van der Waals surface area (Å²) in [4.78, 5) is 12.1. The molecule has 0 aliphatic carbocycles. The second-order valence-corrected chi connectivity index (χ2v) is 5.40. The van der Waals surface area contributed by atoms with Gasteiger partial charge in [0.2, 0.25) is 5.91 Å². The summed E-state index contributed by atoms with van der Waals surface area (Å²) in [6.07, 6.45) is 3.22. The maximum atomic E-state index is 12.1. The van der Waals surface area contributed by atoms with Crippen molar-refractivity contribution in [3.05, 3.63) is 65.2 Å². The van der Waals surface area contributed by atoms with Crippen LogP contribution in [0.1, 0.15) is 16.7 Å². The van der Waals surface area contributed by atoms with Gasteiger partial charge in [-0.2, -0.15) is 0 Å². The van der Waals surface area contributed by atoms with Crippen LogP contribution in [0.5, 0.6) is 11.5 Å². The molecule has 5 nitrogen and oxygen atoms in total. The van der Waals surface area contributed by atoms with E-state index in [2.05, 4.69) is 5.32 Å². The Morgan fingerprint density at radius 3 is 2.24 bits per heavy atom. The van der Waals surface area contributed by atoms with Gasteiger partial charge >= 0.3 is 0 Å². The number of carbonyl (C=O) groups is 1. The number of ether oxygens (including phenoxy) is 3. The van der Waals surface area contributed by atoms with Gasteiger partial charge in [0.15, 0.2) is 0 Å². The van der Waals surface area contributed by atoms with E-state index in [0.29, 0.717) is 24.7 Å². The fraction of sp³-hybridized carbons (Fsp3) is 0.250. The van der Waals surface area contributed by atoms with Gasteiger partial charge < -0.3 is 19.5 Å². The monoisotopic (exact) mass is 341 g/mol. The first-order chi connectivity index (χ1) is 12.2. The molecule has 0 saturated carbocycles. The highest BCUT2D eigenvalue weighted by atomic mass is 16.5. The second kappa shape index (κ2) is 9.49. The van der Waals surface area contributed by atoms with Crippen LogP contribution < -0.4 is 14.8 Å². The van der Waals surface area contributed by atoms with E-state index in [-0.39, 0.29) is 5.91 Å². The third kappa shape index (κ3) is 5.65. The van der Waals surface area contributed by atoms with Crippen molar-refractivity contribution in [2.24, 2.45) is 0 Å². The van der Waals surface area contributed by atoms with Crippen LogP contribution in [0.15, 0.2) is 48.5 Å². The Balaban J connectivity index is 2.00. The van der Waals surface area contributed by atoms with Crippen LogP contribution in [-0.2, 0) is 22.7 Å². The molecule has 0 unspecified atom stereocenters. The number of nitrogens with one attached hydrogen (secondary N) is 1. The van der Waals surface area contributed by atoms with E-state index in [1.54, 1.807) is 33.5 Å². The fourth-order valence-electron chi connectivity index (χ4n) is 2.37. The van der Waals surface area contributed by atoms with Crippen molar-refractivity contribution in [3.8, 4) is 11.5 Å². The molecule has 0 radical (unpaired) electrons. The zero-order valence-electron chi connectivity index (χ0n) is 14.7. The van der Waals surface area contributed by atoms with Gasteiger partial charge in [-0.1, -0.05) is 24.3 Å². The molecule has 1 N–H and O–H groups in total. The van der Waals surface area contributed by atoms with Gasteiger partial charge in [-0.3, -0.25) is 4.79 Å². The summed E-state index contributed by atoms with van der Waals surface area (Å²) in [6, 6.07) is 13.3. The van der Waals surface area contributed by atoms with Crippen molar-refractivity contribution in [1.82, 2.24) is 5.32 Å². The molecule has 25 heavy (non-hydrogen) atoms. The molecule has 132 valence electrons. The van der Waals surface area contributed by atoms with Crippen LogP contribution >= 0.6 is 0 Å². The average Bonchev–Trinajstić information content (AvgIpc) is 2.65. The van der Waals surface area contributed by atoms with Crippen molar-refractivity contribution < 1.29 is 19.0 Å². The predicted molar refractivity (Wildman–Crippen MR) is 97.6 cm³/mol. The molecule has 0 bridgehead atoms. The van der Waals surface area contributed by atoms with Gasteiger partial charge in [0, 0.05) is 25.8 Å². The van der Waals surface area contributed by atoms with Gasteiger partial charge in [0.05, 0.1) is 20.8 Å². The maximum absolute atomic E-state index is 12.1. The fourth-order valence-corrected chi connectivity index (χ4v) is 2.37. The molecule has 0 aliphatic heterocycles. The molecule has 1 amide bonds. The largest absolute Gasteiger partial charge is 0.497 e. The van der Waals surface area contributed by atoms with Gasteiger partial charge in [-0.25, -0.2) is 0 Å². The molecule has 2 rings (SSSR count). The van der Waals surface area contributed by atoms with Crippen molar-refractivity contribution >= 4 is 12.0 Å². The Morgan fingerprint density at radius 1 is 1.00 bits per heavy atom. The molecular weight excluding hydrogens is 318 g/mol. The minimum absolute atomic E-state index is 0.172. The Hall–Kier alpha value is -2.79. The quantitative estimate of drug-likeness (QED) is 0.749. The average molecular weight is 341 g/mol. The molecule has 0 spiro atoms. The smallest absolute Gasteiger partial charge is 0.244 e. The maximum Gasteiger partial charge on any atom is 0.244 e. The van der Waals surface area contributed by atoms with E-state index in [1.165, 1.54) is 6.08 Å². The highest BCUT2D eigenvalue weighted by Crippen LogP contribution is 2.23. The minimum Gasteiger partial charge on any atom is -0.497 e. The number of hydrogen-bond donors (Lipinski definition) is 1. The third-order valence-electron chi connectivity index (χ3n) is 3.67. The highest BCUT2D eigenvalue weighted by molar-refractivity contribution is 5.91. The van der Waals surface area contributed by atoms with Crippen LogP contribution in [-0.4, -0.2) is 27.2 Å². The molecular formula is C20H23NO4. The number of benzene rings is 2. The predicted octanol–water partition coefficient (Wildman–Crippen LogP) is 3.18. The molecule has 0 aliphatic rings. The van der Waals surface area contributed by atoms with Crippen LogP contribution in [0.2, 0.25) is 0 Å². The lowest BCUT2D eigenvalue weighted by Gasteiger charge is -2.09. The van der Waals surface area contributed by atoms with Gasteiger partial charge in [-0.15, -0.1) is 0 Å². The molecule has 5 heteroatoms. The summed E-state index contributed by atoms with van der Waals surface area (Å²) >= 11 is 0. The van der Waals surface area contributed by atoms with E-state index in [4.69, 9.17) is 14.2 Å². The molecule has 0 saturated heterocycles. The number of hydrogen-bond acceptors (Lipinski definition) is 4. The highest BCUT2D eigenvalue weighted by Gasteiger charge is 2.04. The first kappa shape index (κ1) is 18.5.